The maximum atomic E-state index is 15.8. The molecule has 3 heterocycles. The molecule has 8 nitrogen and oxygen atoms in total. The number of aliphatic hydroxyl groups is 1. The summed E-state index contributed by atoms with van der Waals surface area (Å²) in [5.41, 5.74) is 2.68. The number of carbonyl (C=O) groups is 2. The Bertz CT molecular complexity index is 1610. The zero-order valence-electron chi connectivity index (χ0n) is 25.5. The highest BCUT2D eigenvalue weighted by Crippen LogP contribution is 2.60. The topological polar surface area (TPSA) is 91.7 Å². The lowest BCUT2D eigenvalue weighted by atomic mass is 9.82. The standard InChI is InChI=1S/C34H38FN3O5Si/c1-22-32(44(3,4)35)30(17-18-39)43-34(22)27-20-26(42-2)13-15-29(27)37(33(34)41)21-23-9-8-12-25(19-23)38-31(40)16-14-28(36-38)24-10-6-5-7-11-24/h5-13,15,19-20,22,30,32,39H,14,16-18,21H2,1-4H3/t22-,30+,32-,34+/m0/s1. The molecule has 1 spiro atoms. The second kappa shape index (κ2) is 11.6. The van der Waals surface area contributed by atoms with E-state index in [9.17, 15) is 14.7 Å². The molecule has 0 saturated carbocycles. The van der Waals surface area contributed by atoms with Gasteiger partial charge in [0.25, 0.3) is 5.91 Å². The van der Waals surface area contributed by atoms with Crippen LogP contribution >= 0.6 is 0 Å². The molecule has 230 valence electrons. The monoisotopic (exact) mass is 615 g/mol. The number of fused-ring (bicyclic) bond motifs is 2. The second-order valence-corrected chi connectivity index (χ2v) is 16.1. The van der Waals surface area contributed by atoms with Gasteiger partial charge in [0.05, 0.1) is 36.8 Å². The van der Waals surface area contributed by atoms with Gasteiger partial charge in [0.1, 0.15) is 5.75 Å². The Balaban J connectivity index is 1.37. The number of hydrazone groups is 1. The van der Waals surface area contributed by atoms with Crippen LogP contribution in [0.3, 0.4) is 0 Å². The summed E-state index contributed by atoms with van der Waals surface area (Å²) >= 11 is 0. The Kier molecular flexibility index (Phi) is 7.94. The van der Waals surface area contributed by atoms with Crippen molar-refractivity contribution in [1.82, 2.24) is 0 Å². The van der Waals surface area contributed by atoms with Crippen LogP contribution in [0.25, 0.3) is 0 Å². The van der Waals surface area contributed by atoms with Crippen molar-refractivity contribution >= 4 is 37.3 Å². The Morgan fingerprint density at radius 3 is 2.55 bits per heavy atom. The minimum Gasteiger partial charge on any atom is -0.497 e. The van der Waals surface area contributed by atoms with Gasteiger partial charge in [-0.05, 0) is 61.0 Å². The molecule has 0 aliphatic carbocycles. The molecule has 6 rings (SSSR count). The highest BCUT2D eigenvalue weighted by molar-refractivity contribution is 6.72. The number of nitrogens with zero attached hydrogens (tertiary/aromatic N) is 3. The summed E-state index contributed by atoms with van der Waals surface area (Å²) in [6.45, 7) is 5.24. The van der Waals surface area contributed by atoms with Crippen molar-refractivity contribution in [2.24, 2.45) is 11.0 Å². The Morgan fingerprint density at radius 2 is 1.84 bits per heavy atom. The number of amides is 2. The first kappa shape index (κ1) is 30.2. The van der Waals surface area contributed by atoms with Crippen LogP contribution in [-0.4, -0.2) is 50.9 Å². The number of halogens is 1. The van der Waals surface area contributed by atoms with Gasteiger partial charge in [0.2, 0.25) is 14.3 Å². The largest absolute Gasteiger partial charge is 0.497 e. The number of hydrogen-bond acceptors (Lipinski definition) is 6. The van der Waals surface area contributed by atoms with Gasteiger partial charge in [0, 0.05) is 36.5 Å². The minimum atomic E-state index is -3.30. The predicted octanol–water partition coefficient (Wildman–Crippen LogP) is 5.93. The molecule has 0 radical (unpaired) electrons. The fraction of sp³-hybridized carbons (Fsp3) is 0.382. The third kappa shape index (κ3) is 5.04. The Hall–Kier alpha value is -3.86. The van der Waals surface area contributed by atoms with Crippen molar-refractivity contribution in [3.63, 3.8) is 0 Å². The maximum absolute atomic E-state index is 15.8. The first-order chi connectivity index (χ1) is 21.1. The molecule has 0 aromatic heterocycles. The van der Waals surface area contributed by atoms with E-state index < -0.39 is 31.6 Å². The quantitative estimate of drug-likeness (QED) is 0.251. The van der Waals surface area contributed by atoms with E-state index in [0.29, 0.717) is 35.5 Å². The van der Waals surface area contributed by atoms with E-state index in [4.69, 9.17) is 14.6 Å². The van der Waals surface area contributed by atoms with Crippen LogP contribution in [0.2, 0.25) is 18.6 Å². The zero-order valence-corrected chi connectivity index (χ0v) is 26.5. The summed E-state index contributed by atoms with van der Waals surface area (Å²) in [4.78, 5) is 29.2. The molecule has 3 aromatic carbocycles. The van der Waals surface area contributed by atoms with Crippen molar-refractivity contribution in [3.8, 4) is 5.75 Å². The van der Waals surface area contributed by atoms with Crippen LogP contribution in [0.15, 0.2) is 77.9 Å². The number of methoxy groups -OCH3 is 1. The molecule has 1 N–H and O–H groups in total. The van der Waals surface area contributed by atoms with E-state index in [-0.39, 0.29) is 31.4 Å². The Labute approximate surface area is 258 Å². The average molecular weight is 616 g/mol. The van der Waals surface area contributed by atoms with Gasteiger partial charge in [-0.2, -0.15) is 5.10 Å². The highest BCUT2D eigenvalue weighted by Gasteiger charge is 2.66. The highest BCUT2D eigenvalue weighted by atomic mass is 28.4. The molecular weight excluding hydrogens is 577 g/mol. The Morgan fingerprint density at radius 1 is 1.07 bits per heavy atom. The molecule has 0 unspecified atom stereocenters. The molecule has 3 aromatic rings. The molecule has 3 aliphatic heterocycles. The van der Waals surface area contributed by atoms with Crippen LogP contribution in [0.1, 0.15) is 42.9 Å². The van der Waals surface area contributed by atoms with E-state index in [1.54, 1.807) is 31.2 Å². The van der Waals surface area contributed by atoms with E-state index >= 15 is 4.11 Å². The van der Waals surface area contributed by atoms with Crippen LogP contribution in [0.4, 0.5) is 15.5 Å². The summed E-state index contributed by atoms with van der Waals surface area (Å²) in [6.07, 6.45) is 0.578. The number of carbonyl (C=O) groups excluding carboxylic acids is 2. The number of rotatable bonds is 8. The molecule has 3 aliphatic rings. The third-order valence-corrected chi connectivity index (χ3v) is 11.7. The predicted molar refractivity (Wildman–Crippen MR) is 170 cm³/mol. The average Bonchev–Trinajstić information content (AvgIpc) is 3.44. The number of benzene rings is 3. The number of ether oxygens (including phenoxy) is 2. The fourth-order valence-electron chi connectivity index (χ4n) is 7.27. The molecule has 1 saturated heterocycles. The summed E-state index contributed by atoms with van der Waals surface area (Å²) in [6, 6.07) is 22.8. The SMILES string of the molecule is COc1ccc2c(c1)[C@@]1(O[C@H](CCO)[C@@H]([Si](C)(C)F)[C@@H]1C)C(=O)N2Cc1cccc(N2N=C(c3ccccc3)CCC2=O)c1. The molecule has 1 fully saturated rings. The molecule has 4 atom stereocenters. The molecule has 2 amide bonds. The van der Waals surface area contributed by atoms with Crippen molar-refractivity contribution in [1.29, 1.82) is 0 Å². The second-order valence-electron chi connectivity index (χ2n) is 12.3. The van der Waals surface area contributed by atoms with Crippen molar-refractivity contribution < 1.29 is 28.3 Å². The van der Waals surface area contributed by atoms with Gasteiger partial charge >= 0.3 is 0 Å². The van der Waals surface area contributed by atoms with Gasteiger partial charge in [-0.3, -0.25) is 9.59 Å². The number of hydrogen-bond donors (Lipinski definition) is 1. The van der Waals surface area contributed by atoms with Gasteiger partial charge in [-0.1, -0.05) is 49.4 Å². The lowest BCUT2D eigenvalue weighted by Crippen LogP contribution is -2.45. The lowest BCUT2D eigenvalue weighted by molar-refractivity contribution is -0.146. The lowest BCUT2D eigenvalue weighted by Gasteiger charge is -2.31. The van der Waals surface area contributed by atoms with E-state index in [1.165, 1.54) is 5.01 Å². The number of anilines is 2. The van der Waals surface area contributed by atoms with Crippen molar-refractivity contribution in [2.45, 2.75) is 63.1 Å². The first-order valence-corrected chi connectivity index (χ1v) is 18.1. The molecule has 0 bridgehead atoms. The fourth-order valence-corrected chi connectivity index (χ4v) is 9.81. The normalized spacial score (nSPS) is 25.0. The van der Waals surface area contributed by atoms with E-state index in [1.807, 2.05) is 73.7 Å². The molecule has 10 heteroatoms. The molecule has 44 heavy (non-hydrogen) atoms. The smallest absolute Gasteiger partial charge is 0.264 e. The van der Waals surface area contributed by atoms with Crippen molar-refractivity contribution in [3.05, 3.63) is 89.5 Å². The minimum absolute atomic E-state index is 0.0948. The molecular formula is C34H38FN3O5Si. The van der Waals surface area contributed by atoms with Gasteiger partial charge in [-0.15, -0.1) is 0 Å². The van der Waals surface area contributed by atoms with Crippen LogP contribution < -0.4 is 14.6 Å². The van der Waals surface area contributed by atoms with Crippen LogP contribution in [0.5, 0.6) is 5.75 Å². The summed E-state index contributed by atoms with van der Waals surface area (Å²) in [7, 11) is -1.74. The zero-order chi connectivity index (χ0) is 31.2. The third-order valence-electron chi connectivity index (χ3n) is 9.22. The summed E-state index contributed by atoms with van der Waals surface area (Å²) in [5, 5.41) is 16.0. The van der Waals surface area contributed by atoms with E-state index in [2.05, 4.69) is 0 Å². The maximum Gasteiger partial charge on any atom is 0.264 e. The van der Waals surface area contributed by atoms with Gasteiger partial charge < -0.3 is 23.6 Å². The van der Waals surface area contributed by atoms with E-state index in [0.717, 1.165) is 16.8 Å². The summed E-state index contributed by atoms with van der Waals surface area (Å²) in [5.74, 6) is -0.245. The van der Waals surface area contributed by atoms with Crippen LogP contribution in [-0.2, 0) is 26.5 Å². The first-order valence-electron chi connectivity index (χ1n) is 15.1. The van der Waals surface area contributed by atoms with Crippen LogP contribution in [0, 0.1) is 5.92 Å². The number of aliphatic hydroxyl groups excluding tert-OH is 1. The van der Waals surface area contributed by atoms with Gasteiger partial charge in [-0.25, -0.2) is 5.01 Å². The van der Waals surface area contributed by atoms with Gasteiger partial charge in [0.15, 0.2) is 5.60 Å². The van der Waals surface area contributed by atoms with Crippen molar-refractivity contribution in [2.75, 3.05) is 23.6 Å². The summed E-state index contributed by atoms with van der Waals surface area (Å²) < 4.78 is 28.0.